The van der Waals surface area contributed by atoms with Crippen LogP contribution in [0, 0.1) is 5.92 Å². The highest BCUT2D eigenvalue weighted by molar-refractivity contribution is 7.15. The summed E-state index contributed by atoms with van der Waals surface area (Å²) in [6.45, 7) is 6.13. The lowest BCUT2D eigenvalue weighted by molar-refractivity contribution is 0.123. The molecule has 1 fully saturated rings. The molecule has 0 radical (unpaired) electrons. The normalized spacial score (nSPS) is 15.3. The minimum absolute atomic E-state index is 0.585. The van der Waals surface area contributed by atoms with Gasteiger partial charge in [-0.1, -0.05) is 0 Å². The van der Waals surface area contributed by atoms with Gasteiger partial charge in [0, 0.05) is 44.1 Å². The number of hydrogen-bond acceptors (Lipinski definition) is 4. The minimum Gasteiger partial charge on any atom is -0.381 e. The molecule has 1 aliphatic carbocycles. The van der Waals surface area contributed by atoms with Gasteiger partial charge in [0.15, 0.2) is 10.9 Å². The van der Waals surface area contributed by atoms with Crippen LogP contribution in [0.5, 0.6) is 0 Å². The van der Waals surface area contributed by atoms with Crippen LogP contribution < -0.4 is 10.6 Å². The van der Waals surface area contributed by atoms with Crippen LogP contribution in [0.1, 0.15) is 31.9 Å². The van der Waals surface area contributed by atoms with Gasteiger partial charge in [-0.05, 0) is 32.1 Å². The Morgan fingerprint density at radius 3 is 3.17 bits per heavy atom. The summed E-state index contributed by atoms with van der Waals surface area (Å²) >= 11 is 1.64. The Hall–Kier alpha value is -1.60. The molecule has 23 heavy (non-hydrogen) atoms. The lowest BCUT2D eigenvalue weighted by atomic mass is 10.4. The molecule has 126 valence electrons. The topological polar surface area (TPSA) is 63.0 Å². The van der Waals surface area contributed by atoms with E-state index in [-0.39, 0.29) is 0 Å². The van der Waals surface area contributed by atoms with Crippen molar-refractivity contribution in [3.8, 4) is 0 Å². The number of rotatable bonds is 9. The molecule has 0 aliphatic heterocycles. The molecule has 6 nitrogen and oxygen atoms in total. The monoisotopic (exact) mass is 335 g/mol. The number of aromatic nitrogens is 2. The van der Waals surface area contributed by atoms with Gasteiger partial charge in [-0.25, -0.2) is 9.98 Å². The fourth-order valence-corrected chi connectivity index (χ4v) is 2.99. The summed E-state index contributed by atoms with van der Waals surface area (Å²) in [6, 6.07) is 0. The first kappa shape index (κ1) is 16.3. The Bertz CT molecular complexity index is 603. The fraction of sp³-hybridized carbons (Fsp3) is 0.625. The summed E-state index contributed by atoms with van der Waals surface area (Å²) in [5.74, 6) is 1.68. The molecule has 0 spiro atoms. The van der Waals surface area contributed by atoms with Crippen molar-refractivity contribution in [3.63, 3.8) is 0 Å². The zero-order valence-corrected chi connectivity index (χ0v) is 14.4. The average molecular weight is 335 g/mol. The quantitative estimate of drug-likeness (QED) is 0.419. The Morgan fingerprint density at radius 1 is 1.48 bits per heavy atom. The maximum absolute atomic E-state index is 5.64. The van der Waals surface area contributed by atoms with Gasteiger partial charge in [0.2, 0.25) is 0 Å². The molecule has 3 rings (SSSR count). The van der Waals surface area contributed by atoms with E-state index in [4.69, 9.17) is 4.74 Å². The second-order valence-corrected chi connectivity index (χ2v) is 6.69. The fourth-order valence-electron chi connectivity index (χ4n) is 2.27. The van der Waals surface area contributed by atoms with Crippen LogP contribution in [0.2, 0.25) is 0 Å². The van der Waals surface area contributed by atoms with Crippen LogP contribution in [0.3, 0.4) is 0 Å². The molecule has 7 heteroatoms. The standard InChI is InChI=1S/C16H25N5OS/c1-2-17-15(18-6-3-8-22-12-13-4-5-13)19-10-14-11-21-7-9-23-16(21)20-14/h7,9,11,13H,2-6,8,10,12H2,1H3,(H2,17,18,19). The number of guanidine groups is 1. The van der Waals surface area contributed by atoms with E-state index in [9.17, 15) is 0 Å². The molecule has 0 bridgehead atoms. The zero-order valence-electron chi connectivity index (χ0n) is 13.6. The molecule has 1 saturated carbocycles. The smallest absolute Gasteiger partial charge is 0.193 e. The summed E-state index contributed by atoms with van der Waals surface area (Å²) in [5.41, 5.74) is 0.988. The molecule has 2 aromatic heterocycles. The number of aliphatic imine (C=N–C) groups is 1. The van der Waals surface area contributed by atoms with Gasteiger partial charge in [-0.3, -0.25) is 4.40 Å². The zero-order chi connectivity index (χ0) is 15.9. The summed E-state index contributed by atoms with van der Waals surface area (Å²) < 4.78 is 7.68. The third-order valence-corrected chi connectivity index (χ3v) is 4.47. The molecule has 0 amide bonds. The highest BCUT2D eigenvalue weighted by atomic mass is 32.1. The summed E-state index contributed by atoms with van der Waals surface area (Å²) in [4.78, 5) is 10.2. The van der Waals surface area contributed by atoms with Crippen molar-refractivity contribution in [1.29, 1.82) is 0 Å². The molecule has 0 saturated heterocycles. The lowest BCUT2D eigenvalue weighted by Crippen LogP contribution is -2.38. The van der Waals surface area contributed by atoms with Crippen molar-refractivity contribution < 1.29 is 4.74 Å². The van der Waals surface area contributed by atoms with Crippen molar-refractivity contribution in [2.24, 2.45) is 10.9 Å². The predicted octanol–water partition coefficient (Wildman–Crippen LogP) is 2.27. The lowest BCUT2D eigenvalue weighted by Gasteiger charge is -2.11. The van der Waals surface area contributed by atoms with E-state index < -0.39 is 0 Å². The van der Waals surface area contributed by atoms with Gasteiger partial charge in [0.1, 0.15) is 0 Å². The van der Waals surface area contributed by atoms with Crippen molar-refractivity contribution in [1.82, 2.24) is 20.0 Å². The summed E-state index contributed by atoms with van der Waals surface area (Å²) in [7, 11) is 0. The van der Waals surface area contributed by atoms with Gasteiger partial charge >= 0.3 is 0 Å². The predicted molar refractivity (Wildman–Crippen MR) is 94.0 cm³/mol. The molecular formula is C16H25N5OS. The molecule has 2 N–H and O–H groups in total. The number of nitrogens with zero attached hydrogens (tertiary/aromatic N) is 3. The van der Waals surface area contributed by atoms with E-state index in [1.165, 1.54) is 12.8 Å². The molecular weight excluding hydrogens is 310 g/mol. The van der Waals surface area contributed by atoms with E-state index in [0.717, 1.165) is 55.3 Å². The minimum atomic E-state index is 0.585. The van der Waals surface area contributed by atoms with E-state index in [0.29, 0.717) is 6.54 Å². The third kappa shape index (κ3) is 5.21. The van der Waals surface area contributed by atoms with Crippen LogP contribution in [0.15, 0.2) is 22.8 Å². The Morgan fingerprint density at radius 2 is 2.39 bits per heavy atom. The average Bonchev–Trinajstić information content (AvgIpc) is 3.13. The molecule has 2 heterocycles. The highest BCUT2D eigenvalue weighted by Crippen LogP contribution is 2.28. The van der Waals surface area contributed by atoms with Gasteiger partial charge in [0.25, 0.3) is 0 Å². The van der Waals surface area contributed by atoms with Crippen molar-refractivity contribution in [2.45, 2.75) is 32.7 Å². The highest BCUT2D eigenvalue weighted by Gasteiger charge is 2.20. The van der Waals surface area contributed by atoms with Crippen molar-refractivity contribution >= 4 is 22.3 Å². The first-order chi connectivity index (χ1) is 11.3. The number of hydrogen-bond donors (Lipinski definition) is 2. The maximum atomic E-state index is 5.64. The Labute approximate surface area is 141 Å². The molecule has 1 aliphatic rings. The third-order valence-electron chi connectivity index (χ3n) is 3.69. The van der Waals surface area contributed by atoms with E-state index >= 15 is 0 Å². The van der Waals surface area contributed by atoms with Gasteiger partial charge in [0.05, 0.1) is 12.2 Å². The SMILES string of the molecule is CCNC(=NCc1cn2ccsc2n1)NCCCOCC1CC1. The molecule has 2 aromatic rings. The molecule has 0 atom stereocenters. The van der Waals surface area contributed by atoms with Crippen LogP contribution in [-0.2, 0) is 11.3 Å². The van der Waals surface area contributed by atoms with Crippen LogP contribution in [0.4, 0.5) is 0 Å². The number of fused-ring (bicyclic) bond motifs is 1. The summed E-state index contributed by atoms with van der Waals surface area (Å²) in [6.07, 6.45) is 7.75. The van der Waals surface area contributed by atoms with E-state index in [1.54, 1.807) is 11.3 Å². The van der Waals surface area contributed by atoms with Crippen LogP contribution in [0.25, 0.3) is 4.96 Å². The maximum Gasteiger partial charge on any atom is 0.193 e. The second kappa shape index (κ2) is 8.31. The number of ether oxygens (including phenoxy) is 1. The van der Waals surface area contributed by atoms with Crippen molar-refractivity contribution in [3.05, 3.63) is 23.5 Å². The number of nitrogens with one attached hydrogen (secondary N) is 2. The van der Waals surface area contributed by atoms with Crippen LogP contribution >= 0.6 is 11.3 Å². The van der Waals surface area contributed by atoms with Crippen molar-refractivity contribution in [2.75, 3.05) is 26.3 Å². The van der Waals surface area contributed by atoms with Gasteiger partial charge in [-0.15, -0.1) is 11.3 Å². The largest absolute Gasteiger partial charge is 0.381 e. The van der Waals surface area contributed by atoms with Gasteiger partial charge < -0.3 is 15.4 Å². The second-order valence-electron chi connectivity index (χ2n) is 5.82. The Balaban J connectivity index is 1.40. The Kier molecular flexibility index (Phi) is 5.87. The molecule has 0 unspecified atom stereocenters. The number of imidazole rings is 1. The van der Waals surface area contributed by atoms with E-state index in [2.05, 4.69) is 27.5 Å². The van der Waals surface area contributed by atoms with E-state index in [1.807, 2.05) is 22.2 Å². The van der Waals surface area contributed by atoms with Gasteiger partial charge in [-0.2, -0.15) is 0 Å². The first-order valence-corrected chi connectivity index (χ1v) is 9.24. The summed E-state index contributed by atoms with van der Waals surface area (Å²) in [5, 5.41) is 8.65. The number of thiazole rings is 1. The van der Waals surface area contributed by atoms with Crippen LogP contribution in [-0.4, -0.2) is 41.6 Å². The molecule has 0 aromatic carbocycles. The first-order valence-electron chi connectivity index (χ1n) is 8.36.